The van der Waals surface area contributed by atoms with E-state index in [0.717, 1.165) is 6.42 Å². The minimum absolute atomic E-state index is 0.336. The Kier molecular flexibility index (Phi) is 5.29. The minimum atomic E-state index is -0.491. The summed E-state index contributed by atoms with van der Waals surface area (Å²) in [4.78, 5) is 0. The Morgan fingerprint density at radius 2 is 2.21 bits per heavy atom. The van der Waals surface area contributed by atoms with Crippen LogP contribution in [0, 0.1) is 17.2 Å². The molecule has 80 valence electrons. The Hall–Kier alpha value is -0.260. The van der Waals surface area contributed by atoms with Crippen molar-refractivity contribution in [3.8, 4) is 6.07 Å². The number of nitriles is 1. The third kappa shape index (κ3) is 3.48. The first kappa shape index (κ1) is 11.8. The summed E-state index contributed by atoms with van der Waals surface area (Å²) < 4.78 is 5.68. The molecule has 1 saturated carbocycles. The summed E-state index contributed by atoms with van der Waals surface area (Å²) in [5, 5.41) is 8.03. The van der Waals surface area contributed by atoms with E-state index in [1.165, 1.54) is 25.7 Å². The quantitative estimate of drug-likeness (QED) is 0.676. The molecule has 0 aromatic heterocycles. The smallest absolute Gasteiger partial charge is 0.143 e. The molecule has 0 aromatic rings. The van der Waals surface area contributed by atoms with Crippen LogP contribution in [0.1, 0.15) is 39.0 Å². The van der Waals surface area contributed by atoms with E-state index in [4.69, 9.17) is 21.6 Å². The molecular weight excluding hydrogens is 198 g/mol. The fourth-order valence-electron chi connectivity index (χ4n) is 2.11. The van der Waals surface area contributed by atoms with Gasteiger partial charge in [-0.1, -0.05) is 26.2 Å². The van der Waals surface area contributed by atoms with Gasteiger partial charge < -0.3 is 4.74 Å². The number of ether oxygens (including phenoxy) is 1. The zero-order valence-corrected chi connectivity index (χ0v) is 9.46. The summed E-state index contributed by atoms with van der Waals surface area (Å²) in [6.45, 7) is 2.58. The third-order valence-corrected chi connectivity index (χ3v) is 3.18. The molecule has 0 heterocycles. The van der Waals surface area contributed by atoms with Crippen LogP contribution >= 0.6 is 11.6 Å². The maximum Gasteiger partial charge on any atom is 0.143 e. The van der Waals surface area contributed by atoms with Crippen molar-refractivity contribution in [1.82, 2.24) is 0 Å². The van der Waals surface area contributed by atoms with Crippen LogP contribution in [0.5, 0.6) is 0 Å². The van der Waals surface area contributed by atoms with Gasteiger partial charge in [0.2, 0.25) is 0 Å². The summed E-state index contributed by atoms with van der Waals surface area (Å²) in [6, 6.07) is 1.98. The van der Waals surface area contributed by atoms with Gasteiger partial charge in [0, 0.05) is 0 Å². The largest absolute Gasteiger partial charge is 0.375 e. The van der Waals surface area contributed by atoms with Gasteiger partial charge in [0.25, 0.3) is 0 Å². The van der Waals surface area contributed by atoms with Crippen molar-refractivity contribution < 1.29 is 4.74 Å². The number of rotatable bonds is 4. The average molecular weight is 216 g/mol. The zero-order valence-electron chi connectivity index (χ0n) is 8.71. The fourth-order valence-corrected chi connectivity index (χ4v) is 2.18. The van der Waals surface area contributed by atoms with Gasteiger partial charge in [0.1, 0.15) is 5.38 Å². The van der Waals surface area contributed by atoms with Gasteiger partial charge in [-0.15, -0.1) is 11.6 Å². The molecule has 1 fully saturated rings. The van der Waals surface area contributed by atoms with E-state index in [2.05, 4.69) is 6.92 Å². The van der Waals surface area contributed by atoms with Crippen molar-refractivity contribution in [2.75, 3.05) is 6.61 Å². The summed E-state index contributed by atoms with van der Waals surface area (Å²) >= 11 is 5.69. The molecule has 0 radical (unpaired) electrons. The number of hydrogen-bond acceptors (Lipinski definition) is 2. The summed E-state index contributed by atoms with van der Waals surface area (Å²) in [5.74, 6) is 0.673. The first-order chi connectivity index (χ1) is 6.77. The van der Waals surface area contributed by atoms with Crippen molar-refractivity contribution in [2.45, 2.75) is 50.5 Å². The predicted octanol–water partition coefficient (Wildman–Crippen LogP) is 3.10. The van der Waals surface area contributed by atoms with E-state index in [1.54, 1.807) is 0 Å². The van der Waals surface area contributed by atoms with Crippen molar-refractivity contribution in [1.29, 1.82) is 5.26 Å². The molecule has 1 aliphatic rings. The van der Waals surface area contributed by atoms with Crippen LogP contribution in [-0.2, 0) is 4.74 Å². The van der Waals surface area contributed by atoms with Crippen LogP contribution in [0.15, 0.2) is 0 Å². The molecule has 0 saturated heterocycles. The molecule has 0 N–H and O–H groups in total. The van der Waals surface area contributed by atoms with Crippen LogP contribution < -0.4 is 0 Å². The molecule has 0 spiro atoms. The van der Waals surface area contributed by atoms with Crippen LogP contribution in [0.25, 0.3) is 0 Å². The first-order valence-corrected chi connectivity index (χ1v) is 5.86. The lowest BCUT2D eigenvalue weighted by Gasteiger charge is -2.30. The van der Waals surface area contributed by atoms with Crippen molar-refractivity contribution in [2.24, 2.45) is 5.92 Å². The molecule has 3 unspecified atom stereocenters. The molecule has 0 aromatic carbocycles. The second-order valence-corrected chi connectivity index (χ2v) is 4.45. The lowest BCUT2D eigenvalue weighted by molar-refractivity contribution is -0.00833. The van der Waals surface area contributed by atoms with E-state index >= 15 is 0 Å². The lowest BCUT2D eigenvalue weighted by Crippen LogP contribution is -2.29. The summed E-state index contributed by atoms with van der Waals surface area (Å²) in [7, 11) is 0. The standard InChI is InChI=1S/C11H18ClNO/c1-2-9-5-3-4-6-11(9)14-8-10(12)7-13/h9-11H,2-6,8H2,1H3. The second-order valence-electron chi connectivity index (χ2n) is 3.92. The minimum Gasteiger partial charge on any atom is -0.375 e. The number of hydrogen-bond donors (Lipinski definition) is 0. The van der Waals surface area contributed by atoms with Crippen molar-refractivity contribution in [3.05, 3.63) is 0 Å². The molecule has 0 bridgehead atoms. The monoisotopic (exact) mass is 215 g/mol. The third-order valence-electron chi connectivity index (χ3n) is 2.96. The van der Waals surface area contributed by atoms with E-state index in [9.17, 15) is 0 Å². The molecule has 2 nitrogen and oxygen atoms in total. The summed E-state index contributed by atoms with van der Waals surface area (Å²) in [6.07, 6.45) is 6.48. The van der Waals surface area contributed by atoms with Gasteiger partial charge in [-0.3, -0.25) is 0 Å². The Morgan fingerprint density at radius 1 is 1.50 bits per heavy atom. The van der Waals surface area contributed by atoms with E-state index in [0.29, 0.717) is 18.6 Å². The number of halogens is 1. The highest BCUT2D eigenvalue weighted by molar-refractivity contribution is 6.22. The molecule has 0 aliphatic heterocycles. The van der Waals surface area contributed by atoms with Gasteiger partial charge in [-0.2, -0.15) is 5.26 Å². The van der Waals surface area contributed by atoms with Crippen molar-refractivity contribution in [3.63, 3.8) is 0 Å². The molecule has 1 aliphatic carbocycles. The number of nitrogens with zero attached hydrogens (tertiary/aromatic N) is 1. The lowest BCUT2D eigenvalue weighted by atomic mass is 9.85. The molecule has 3 heteroatoms. The molecule has 3 atom stereocenters. The Balaban J connectivity index is 2.30. The molecule has 1 rings (SSSR count). The van der Waals surface area contributed by atoms with E-state index < -0.39 is 5.38 Å². The maximum absolute atomic E-state index is 8.53. The molecule has 14 heavy (non-hydrogen) atoms. The summed E-state index contributed by atoms with van der Waals surface area (Å²) in [5.41, 5.74) is 0. The first-order valence-electron chi connectivity index (χ1n) is 5.43. The van der Waals surface area contributed by atoms with Gasteiger partial charge in [-0.25, -0.2) is 0 Å². The highest BCUT2D eigenvalue weighted by Gasteiger charge is 2.24. The van der Waals surface area contributed by atoms with Gasteiger partial charge in [0.15, 0.2) is 0 Å². The normalized spacial score (nSPS) is 29.5. The van der Waals surface area contributed by atoms with Gasteiger partial charge in [0.05, 0.1) is 18.8 Å². The van der Waals surface area contributed by atoms with Crippen molar-refractivity contribution >= 4 is 11.6 Å². The van der Waals surface area contributed by atoms with Gasteiger partial charge in [-0.05, 0) is 18.8 Å². The molecular formula is C11H18ClNO. The topological polar surface area (TPSA) is 33.0 Å². The van der Waals surface area contributed by atoms with Crippen LogP contribution in [0.2, 0.25) is 0 Å². The number of alkyl halides is 1. The Bertz CT molecular complexity index is 202. The average Bonchev–Trinajstić information content (AvgIpc) is 2.26. The van der Waals surface area contributed by atoms with Crippen LogP contribution in [0.3, 0.4) is 0 Å². The highest BCUT2D eigenvalue weighted by Crippen LogP contribution is 2.29. The Morgan fingerprint density at radius 3 is 2.86 bits per heavy atom. The fraction of sp³-hybridized carbons (Fsp3) is 0.909. The SMILES string of the molecule is CCC1CCCCC1OCC(Cl)C#N. The second kappa shape index (κ2) is 6.27. The van der Waals surface area contributed by atoms with Crippen LogP contribution in [-0.4, -0.2) is 18.1 Å². The maximum atomic E-state index is 8.53. The van der Waals surface area contributed by atoms with E-state index in [1.807, 2.05) is 6.07 Å². The Labute approximate surface area is 91.2 Å². The van der Waals surface area contributed by atoms with Gasteiger partial charge >= 0.3 is 0 Å². The zero-order chi connectivity index (χ0) is 10.4. The highest BCUT2D eigenvalue weighted by atomic mass is 35.5. The molecule has 0 amide bonds. The van der Waals surface area contributed by atoms with Crippen LogP contribution in [0.4, 0.5) is 0 Å². The predicted molar refractivity (Wildman–Crippen MR) is 57.2 cm³/mol. The van der Waals surface area contributed by atoms with E-state index in [-0.39, 0.29) is 0 Å².